The van der Waals surface area contributed by atoms with E-state index in [1.165, 1.54) is 11.1 Å². The van der Waals surface area contributed by atoms with Gasteiger partial charge in [-0.15, -0.1) is 0 Å². The van der Waals surface area contributed by atoms with E-state index in [0.717, 1.165) is 25.1 Å². The summed E-state index contributed by atoms with van der Waals surface area (Å²) in [6.07, 6.45) is 2.34. The van der Waals surface area contributed by atoms with E-state index in [1.807, 2.05) is 6.07 Å². The van der Waals surface area contributed by atoms with E-state index in [9.17, 15) is 0 Å². The van der Waals surface area contributed by atoms with Gasteiger partial charge in [-0.25, -0.2) is 0 Å². The fourth-order valence-electron chi connectivity index (χ4n) is 2.61. The fraction of sp³-hybridized carbons (Fsp3) is 0.375. The summed E-state index contributed by atoms with van der Waals surface area (Å²) in [5.41, 5.74) is 2.67. The first-order valence-electron chi connectivity index (χ1n) is 6.88. The molecule has 2 heterocycles. The van der Waals surface area contributed by atoms with Gasteiger partial charge in [0.25, 0.3) is 0 Å². The quantitative estimate of drug-likeness (QED) is 0.895. The van der Waals surface area contributed by atoms with Crippen molar-refractivity contribution in [2.24, 2.45) is 0 Å². The zero-order valence-corrected chi connectivity index (χ0v) is 12.0. The van der Waals surface area contributed by atoms with Crippen LogP contribution in [0.15, 0.2) is 41.1 Å². The number of thiophene rings is 1. The third-order valence-electron chi connectivity index (χ3n) is 3.56. The maximum Gasteiger partial charge on any atom is 0.123 e. The minimum atomic E-state index is 0.207. The zero-order chi connectivity index (χ0) is 13.1. The highest BCUT2D eigenvalue weighted by molar-refractivity contribution is 7.07. The monoisotopic (exact) mass is 273 g/mol. The Kier molecular flexibility index (Phi) is 3.85. The van der Waals surface area contributed by atoms with E-state index in [0.29, 0.717) is 6.04 Å². The topological polar surface area (TPSA) is 21.3 Å². The smallest absolute Gasteiger partial charge is 0.123 e. The predicted octanol–water partition coefficient (Wildman–Crippen LogP) is 3.79. The number of fused-ring (bicyclic) bond motifs is 1. The molecule has 0 aliphatic carbocycles. The van der Waals surface area contributed by atoms with Crippen LogP contribution in [0.25, 0.3) is 0 Å². The molecule has 0 amide bonds. The van der Waals surface area contributed by atoms with Crippen molar-refractivity contribution >= 4 is 11.3 Å². The molecule has 1 aromatic heterocycles. The van der Waals surface area contributed by atoms with Crippen molar-refractivity contribution in [2.45, 2.75) is 31.9 Å². The molecule has 1 N–H and O–H groups in total. The molecule has 1 aliphatic heterocycles. The SMILES string of the molecule is CCCNC(c1ccsc1)C1Cc2ccccc2O1. The summed E-state index contributed by atoms with van der Waals surface area (Å²) in [6, 6.07) is 10.9. The second-order valence-electron chi connectivity index (χ2n) is 4.96. The second kappa shape index (κ2) is 5.76. The van der Waals surface area contributed by atoms with Gasteiger partial charge in [-0.1, -0.05) is 25.1 Å². The average Bonchev–Trinajstić information content (AvgIpc) is 3.08. The summed E-state index contributed by atoms with van der Waals surface area (Å²) in [5.74, 6) is 1.05. The maximum absolute atomic E-state index is 6.13. The molecule has 3 heteroatoms. The lowest BCUT2D eigenvalue weighted by molar-refractivity contribution is 0.179. The van der Waals surface area contributed by atoms with Crippen LogP contribution in [0.2, 0.25) is 0 Å². The first-order valence-corrected chi connectivity index (χ1v) is 7.83. The second-order valence-corrected chi connectivity index (χ2v) is 5.74. The number of benzene rings is 1. The molecule has 0 bridgehead atoms. The van der Waals surface area contributed by atoms with Gasteiger partial charge in [0, 0.05) is 6.42 Å². The largest absolute Gasteiger partial charge is 0.488 e. The van der Waals surface area contributed by atoms with Gasteiger partial charge in [-0.05, 0) is 47.0 Å². The Morgan fingerprint density at radius 2 is 2.26 bits per heavy atom. The molecule has 1 aromatic carbocycles. The first kappa shape index (κ1) is 12.7. The highest BCUT2D eigenvalue weighted by Crippen LogP contribution is 2.34. The predicted molar refractivity (Wildman–Crippen MR) is 79.9 cm³/mol. The molecule has 19 heavy (non-hydrogen) atoms. The van der Waals surface area contributed by atoms with Crippen LogP contribution < -0.4 is 10.1 Å². The summed E-state index contributed by atoms with van der Waals surface area (Å²) >= 11 is 1.75. The molecule has 0 fully saturated rings. The Morgan fingerprint density at radius 1 is 1.37 bits per heavy atom. The van der Waals surface area contributed by atoms with Gasteiger partial charge >= 0.3 is 0 Å². The molecule has 3 rings (SSSR count). The molecule has 0 spiro atoms. The van der Waals surface area contributed by atoms with Crippen molar-refractivity contribution in [3.8, 4) is 5.75 Å². The number of hydrogen-bond acceptors (Lipinski definition) is 3. The van der Waals surface area contributed by atoms with E-state index in [4.69, 9.17) is 4.74 Å². The van der Waals surface area contributed by atoms with Gasteiger partial charge in [0.15, 0.2) is 0 Å². The molecule has 0 radical (unpaired) electrons. The molecule has 0 saturated heterocycles. The zero-order valence-electron chi connectivity index (χ0n) is 11.1. The van der Waals surface area contributed by atoms with Crippen molar-refractivity contribution in [1.82, 2.24) is 5.32 Å². The van der Waals surface area contributed by atoms with E-state index in [-0.39, 0.29) is 6.10 Å². The summed E-state index contributed by atoms with van der Waals surface area (Å²) in [7, 11) is 0. The molecule has 2 atom stereocenters. The summed E-state index contributed by atoms with van der Waals surface area (Å²) in [5, 5.41) is 7.99. The number of para-hydroxylation sites is 1. The normalized spacial score (nSPS) is 18.9. The molecule has 2 unspecified atom stereocenters. The lowest BCUT2D eigenvalue weighted by Crippen LogP contribution is -2.35. The van der Waals surface area contributed by atoms with Gasteiger partial charge in [0.05, 0.1) is 6.04 Å². The van der Waals surface area contributed by atoms with Crippen molar-refractivity contribution < 1.29 is 4.74 Å². The summed E-state index contributed by atoms with van der Waals surface area (Å²) in [4.78, 5) is 0. The van der Waals surface area contributed by atoms with Gasteiger partial charge < -0.3 is 10.1 Å². The van der Waals surface area contributed by atoms with Gasteiger partial charge in [-0.2, -0.15) is 11.3 Å². The molecule has 1 aliphatic rings. The summed E-state index contributed by atoms with van der Waals surface area (Å²) < 4.78 is 6.13. The number of hydrogen-bond donors (Lipinski definition) is 1. The average molecular weight is 273 g/mol. The van der Waals surface area contributed by atoms with Crippen LogP contribution in [0.4, 0.5) is 0 Å². The molecule has 100 valence electrons. The molecular formula is C16H19NOS. The van der Waals surface area contributed by atoms with Crippen LogP contribution in [0.1, 0.15) is 30.5 Å². The fourth-order valence-corrected chi connectivity index (χ4v) is 3.31. The van der Waals surface area contributed by atoms with Gasteiger partial charge in [0.1, 0.15) is 11.9 Å². The lowest BCUT2D eigenvalue weighted by atomic mass is 10.00. The highest BCUT2D eigenvalue weighted by atomic mass is 32.1. The third kappa shape index (κ3) is 2.67. The van der Waals surface area contributed by atoms with Crippen LogP contribution in [-0.4, -0.2) is 12.6 Å². The minimum absolute atomic E-state index is 0.207. The van der Waals surface area contributed by atoms with Crippen LogP contribution in [0.5, 0.6) is 5.75 Å². The van der Waals surface area contributed by atoms with Crippen molar-refractivity contribution in [2.75, 3.05) is 6.54 Å². The van der Waals surface area contributed by atoms with Gasteiger partial charge in [0.2, 0.25) is 0 Å². The van der Waals surface area contributed by atoms with Crippen LogP contribution in [-0.2, 0) is 6.42 Å². The summed E-state index contributed by atoms with van der Waals surface area (Å²) in [6.45, 7) is 3.22. The van der Waals surface area contributed by atoms with Crippen LogP contribution in [0.3, 0.4) is 0 Å². The Morgan fingerprint density at radius 3 is 3.00 bits per heavy atom. The standard InChI is InChI=1S/C16H19NOS/c1-2-8-17-16(13-7-9-19-11-13)15-10-12-5-3-4-6-14(12)18-15/h3-7,9,11,15-17H,2,8,10H2,1H3. The lowest BCUT2D eigenvalue weighted by Gasteiger charge is -2.24. The van der Waals surface area contributed by atoms with E-state index >= 15 is 0 Å². The third-order valence-corrected chi connectivity index (χ3v) is 4.26. The van der Waals surface area contributed by atoms with Crippen molar-refractivity contribution in [3.63, 3.8) is 0 Å². The Balaban J connectivity index is 1.79. The van der Waals surface area contributed by atoms with Crippen LogP contribution >= 0.6 is 11.3 Å². The van der Waals surface area contributed by atoms with E-state index < -0.39 is 0 Å². The highest BCUT2D eigenvalue weighted by Gasteiger charge is 2.30. The molecule has 0 saturated carbocycles. The molecule has 2 nitrogen and oxygen atoms in total. The number of nitrogens with one attached hydrogen (secondary N) is 1. The van der Waals surface area contributed by atoms with Crippen LogP contribution in [0, 0.1) is 0 Å². The van der Waals surface area contributed by atoms with Crippen molar-refractivity contribution in [1.29, 1.82) is 0 Å². The first-order chi connectivity index (χ1) is 9.38. The van der Waals surface area contributed by atoms with E-state index in [1.54, 1.807) is 11.3 Å². The molecular weight excluding hydrogens is 254 g/mol. The van der Waals surface area contributed by atoms with Gasteiger partial charge in [-0.3, -0.25) is 0 Å². The Bertz CT molecular complexity index is 498. The van der Waals surface area contributed by atoms with E-state index in [2.05, 4.69) is 47.3 Å². The maximum atomic E-state index is 6.13. The Hall–Kier alpha value is -1.32. The minimum Gasteiger partial charge on any atom is -0.488 e. The Labute approximate surface area is 118 Å². The van der Waals surface area contributed by atoms with Crippen molar-refractivity contribution in [3.05, 3.63) is 52.2 Å². The number of ether oxygens (including phenoxy) is 1. The molecule has 2 aromatic rings. The number of rotatable bonds is 5.